The first-order valence-corrected chi connectivity index (χ1v) is 4.55. The molecule has 0 bridgehead atoms. The largest absolute Gasteiger partial charge is 0.394 e. The van der Waals surface area contributed by atoms with Gasteiger partial charge in [-0.3, -0.25) is 0 Å². The van der Waals surface area contributed by atoms with E-state index in [1.165, 1.54) is 0 Å². The summed E-state index contributed by atoms with van der Waals surface area (Å²) in [5, 5.41) is 9.87. The summed E-state index contributed by atoms with van der Waals surface area (Å²) in [6, 6.07) is 7.59. The monoisotopic (exact) mass is 199 g/mol. The van der Waals surface area contributed by atoms with Crippen LogP contribution in [0.4, 0.5) is 0 Å². The van der Waals surface area contributed by atoms with Crippen LogP contribution < -0.4 is 0 Å². The summed E-state index contributed by atoms with van der Waals surface area (Å²) in [5.74, 6) is 0. The standard InChI is InChI=1S/C10H14ClNO/c1-12(2)10(7-13)8-3-5-9(11)6-4-8/h3-6,10,13H,7H2,1-2H3. The zero-order chi connectivity index (χ0) is 9.84. The van der Waals surface area contributed by atoms with E-state index in [1.54, 1.807) is 0 Å². The molecule has 0 aromatic heterocycles. The fourth-order valence-electron chi connectivity index (χ4n) is 1.25. The van der Waals surface area contributed by atoms with E-state index in [2.05, 4.69) is 0 Å². The number of likely N-dealkylation sites (N-methyl/N-ethyl adjacent to an activating group) is 1. The molecular formula is C10H14ClNO. The van der Waals surface area contributed by atoms with Crippen molar-refractivity contribution in [2.45, 2.75) is 6.04 Å². The van der Waals surface area contributed by atoms with E-state index in [0.717, 1.165) is 10.6 Å². The van der Waals surface area contributed by atoms with Gasteiger partial charge in [-0.2, -0.15) is 0 Å². The number of benzene rings is 1. The van der Waals surface area contributed by atoms with Gasteiger partial charge in [0.2, 0.25) is 0 Å². The molecule has 0 aliphatic heterocycles. The van der Waals surface area contributed by atoms with E-state index >= 15 is 0 Å². The molecule has 1 aromatic rings. The molecule has 1 atom stereocenters. The lowest BCUT2D eigenvalue weighted by molar-refractivity contribution is 0.171. The molecule has 0 aliphatic carbocycles. The molecular weight excluding hydrogens is 186 g/mol. The molecule has 2 nitrogen and oxygen atoms in total. The molecule has 1 rings (SSSR count). The van der Waals surface area contributed by atoms with Gasteiger partial charge >= 0.3 is 0 Å². The molecule has 0 radical (unpaired) electrons. The van der Waals surface area contributed by atoms with Crippen LogP contribution in [0, 0.1) is 0 Å². The molecule has 1 N–H and O–H groups in total. The number of halogens is 1. The smallest absolute Gasteiger partial charge is 0.0628 e. The summed E-state index contributed by atoms with van der Waals surface area (Å²) < 4.78 is 0. The Labute approximate surface area is 83.7 Å². The number of hydrogen-bond donors (Lipinski definition) is 1. The molecule has 1 unspecified atom stereocenters. The second-order valence-corrected chi connectivity index (χ2v) is 3.65. The summed E-state index contributed by atoms with van der Waals surface area (Å²) in [6.07, 6.45) is 0. The maximum atomic E-state index is 9.14. The highest BCUT2D eigenvalue weighted by molar-refractivity contribution is 6.30. The molecule has 0 saturated heterocycles. The highest BCUT2D eigenvalue weighted by Crippen LogP contribution is 2.19. The van der Waals surface area contributed by atoms with Gasteiger partial charge in [-0.25, -0.2) is 0 Å². The Hall–Kier alpha value is -0.570. The minimum atomic E-state index is 0.0530. The van der Waals surface area contributed by atoms with Crippen LogP contribution in [0.5, 0.6) is 0 Å². The first kappa shape index (κ1) is 10.5. The maximum absolute atomic E-state index is 9.14. The zero-order valence-corrected chi connectivity index (χ0v) is 8.62. The van der Waals surface area contributed by atoms with Crippen LogP contribution >= 0.6 is 11.6 Å². The van der Waals surface area contributed by atoms with Crippen LogP contribution in [0.15, 0.2) is 24.3 Å². The molecule has 13 heavy (non-hydrogen) atoms. The van der Waals surface area contributed by atoms with Gasteiger partial charge < -0.3 is 10.0 Å². The Morgan fingerprint density at radius 3 is 2.23 bits per heavy atom. The van der Waals surface area contributed by atoms with Crippen molar-refractivity contribution in [2.75, 3.05) is 20.7 Å². The van der Waals surface area contributed by atoms with Crippen LogP contribution in [-0.2, 0) is 0 Å². The van der Waals surface area contributed by atoms with Crippen molar-refractivity contribution in [3.05, 3.63) is 34.9 Å². The van der Waals surface area contributed by atoms with Gasteiger partial charge in [0, 0.05) is 5.02 Å². The SMILES string of the molecule is CN(C)C(CO)c1ccc(Cl)cc1. The molecule has 0 saturated carbocycles. The molecule has 3 heteroatoms. The third-order valence-corrected chi connectivity index (χ3v) is 2.30. The van der Waals surface area contributed by atoms with Gasteiger partial charge in [0.15, 0.2) is 0 Å². The Morgan fingerprint density at radius 1 is 1.31 bits per heavy atom. The average Bonchev–Trinajstić information content (AvgIpc) is 2.09. The zero-order valence-electron chi connectivity index (χ0n) is 7.87. The van der Waals surface area contributed by atoms with Crippen molar-refractivity contribution in [2.24, 2.45) is 0 Å². The van der Waals surface area contributed by atoms with E-state index in [4.69, 9.17) is 16.7 Å². The molecule has 0 heterocycles. The first-order chi connectivity index (χ1) is 6.15. The third-order valence-electron chi connectivity index (χ3n) is 2.05. The second-order valence-electron chi connectivity index (χ2n) is 3.21. The number of nitrogens with zero attached hydrogens (tertiary/aromatic N) is 1. The van der Waals surface area contributed by atoms with Gasteiger partial charge in [0.05, 0.1) is 12.6 Å². The average molecular weight is 200 g/mol. The van der Waals surface area contributed by atoms with Crippen molar-refractivity contribution in [1.82, 2.24) is 4.90 Å². The van der Waals surface area contributed by atoms with Gasteiger partial charge in [0.1, 0.15) is 0 Å². The molecule has 1 aromatic carbocycles. The highest BCUT2D eigenvalue weighted by Gasteiger charge is 2.11. The van der Waals surface area contributed by atoms with Gasteiger partial charge in [-0.15, -0.1) is 0 Å². The topological polar surface area (TPSA) is 23.5 Å². The summed E-state index contributed by atoms with van der Waals surface area (Å²) in [6.45, 7) is 0.120. The van der Waals surface area contributed by atoms with E-state index < -0.39 is 0 Å². The van der Waals surface area contributed by atoms with Gasteiger partial charge in [0.25, 0.3) is 0 Å². The Morgan fingerprint density at radius 2 is 1.85 bits per heavy atom. The number of aliphatic hydroxyl groups is 1. The van der Waals surface area contributed by atoms with Crippen molar-refractivity contribution in [1.29, 1.82) is 0 Å². The van der Waals surface area contributed by atoms with Crippen LogP contribution in [0.3, 0.4) is 0 Å². The van der Waals surface area contributed by atoms with Crippen molar-refractivity contribution in [3.8, 4) is 0 Å². The van der Waals surface area contributed by atoms with E-state index in [-0.39, 0.29) is 12.6 Å². The normalized spacial score (nSPS) is 13.3. The lowest BCUT2D eigenvalue weighted by Crippen LogP contribution is -2.22. The maximum Gasteiger partial charge on any atom is 0.0628 e. The lowest BCUT2D eigenvalue weighted by Gasteiger charge is -2.22. The Balaban J connectivity index is 2.86. The highest BCUT2D eigenvalue weighted by atomic mass is 35.5. The lowest BCUT2D eigenvalue weighted by atomic mass is 10.1. The summed E-state index contributed by atoms with van der Waals surface area (Å²) in [7, 11) is 3.88. The summed E-state index contributed by atoms with van der Waals surface area (Å²) in [4.78, 5) is 1.98. The van der Waals surface area contributed by atoms with E-state index in [1.807, 2.05) is 43.3 Å². The van der Waals surface area contributed by atoms with Gasteiger partial charge in [-0.1, -0.05) is 23.7 Å². The Kier molecular flexibility index (Phi) is 3.72. The number of hydrogen-bond acceptors (Lipinski definition) is 2. The summed E-state index contributed by atoms with van der Waals surface area (Å²) >= 11 is 5.76. The van der Waals surface area contributed by atoms with Crippen LogP contribution in [-0.4, -0.2) is 30.7 Å². The number of rotatable bonds is 3. The van der Waals surface area contributed by atoms with Crippen molar-refractivity contribution >= 4 is 11.6 Å². The second kappa shape index (κ2) is 4.61. The quantitative estimate of drug-likeness (QED) is 0.805. The summed E-state index contributed by atoms with van der Waals surface area (Å²) in [5.41, 5.74) is 1.08. The fourth-order valence-corrected chi connectivity index (χ4v) is 1.38. The minimum Gasteiger partial charge on any atom is -0.394 e. The minimum absolute atomic E-state index is 0.0530. The third kappa shape index (κ3) is 2.69. The predicted octanol–water partition coefficient (Wildman–Crippen LogP) is 1.93. The molecule has 0 amide bonds. The van der Waals surface area contributed by atoms with Crippen molar-refractivity contribution in [3.63, 3.8) is 0 Å². The number of aliphatic hydroxyl groups excluding tert-OH is 1. The van der Waals surface area contributed by atoms with E-state index in [9.17, 15) is 0 Å². The van der Waals surface area contributed by atoms with Crippen LogP contribution in [0.2, 0.25) is 5.02 Å². The Bertz CT molecular complexity index is 258. The van der Waals surface area contributed by atoms with Crippen LogP contribution in [0.1, 0.15) is 11.6 Å². The molecule has 0 spiro atoms. The van der Waals surface area contributed by atoms with Crippen molar-refractivity contribution < 1.29 is 5.11 Å². The van der Waals surface area contributed by atoms with E-state index in [0.29, 0.717) is 0 Å². The molecule has 0 fully saturated rings. The predicted molar refractivity (Wildman–Crippen MR) is 55.0 cm³/mol. The fraction of sp³-hybridized carbons (Fsp3) is 0.400. The van der Waals surface area contributed by atoms with Crippen LogP contribution in [0.25, 0.3) is 0 Å². The van der Waals surface area contributed by atoms with Gasteiger partial charge in [-0.05, 0) is 31.8 Å². The molecule has 0 aliphatic rings. The molecule has 72 valence electrons. The first-order valence-electron chi connectivity index (χ1n) is 4.18.